The Labute approximate surface area is 153 Å². The Balaban J connectivity index is 1.41. The number of aryl methyl sites for hydroxylation is 1. The van der Waals surface area contributed by atoms with Crippen molar-refractivity contribution in [3.8, 4) is 5.75 Å². The summed E-state index contributed by atoms with van der Waals surface area (Å²) in [7, 11) is 3.87. The average molecular weight is 355 g/mol. The van der Waals surface area contributed by atoms with E-state index in [0.717, 1.165) is 31.1 Å². The lowest BCUT2D eigenvalue weighted by Crippen LogP contribution is -2.33. The van der Waals surface area contributed by atoms with Crippen LogP contribution in [0.4, 0.5) is 0 Å². The summed E-state index contributed by atoms with van der Waals surface area (Å²) in [6.07, 6.45) is 2.72. The standard InChI is InChI=1S/C20H25N3O3/c1-22-11-15-12-23(19(24)8-7-17-9-10-21-26-17)13-18(15)20(22)14-3-5-16(25-2)6-4-14/h3-6,9-10,15,18,20H,7-8,11-13H2,1-2H3/t15-,18+,20+/m0/s1. The van der Waals surface area contributed by atoms with E-state index in [1.807, 2.05) is 23.1 Å². The van der Waals surface area contributed by atoms with Crippen molar-refractivity contribution < 1.29 is 14.1 Å². The van der Waals surface area contributed by atoms with E-state index in [1.165, 1.54) is 5.56 Å². The largest absolute Gasteiger partial charge is 0.497 e. The van der Waals surface area contributed by atoms with Crippen LogP contribution >= 0.6 is 0 Å². The number of hydrogen-bond donors (Lipinski definition) is 0. The van der Waals surface area contributed by atoms with E-state index in [1.54, 1.807) is 13.3 Å². The summed E-state index contributed by atoms with van der Waals surface area (Å²) in [5.41, 5.74) is 1.30. The fourth-order valence-corrected chi connectivity index (χ4v) is 4.52. The van der Waals surface area contributed by atoms with Crippen LogP contribution in [0.15, 0.2) is 41.1 Å². The zero-order valence-corrected chi connectivity index (χ0v) is 15.3. The molecule has 138 valence electrons. The van der Waals surface area contributed by atoms with Gasteiger partial charge in [-0.15, -0.1) is 0 Å². The monoisotopic (exact) mass is 355 g/mol. The van der Waals surface area contributed by atoms with Gasteiger partial charge in [-0.1, -0.05) is 17.3 Å². The predicted molar refractivity (Wildman–Crippen MR) is 96.7 cm³/mol. The Morgan fingerprint density at radius 3 is 2.73 bits per heavy atom. The summed E-state index contributed by atoms with van der Waals surface area (Å²) < 4.78 is 10.4. The van der Waals surface area contributed by atoms with Crippen molar-refractivity contribution in [2.24, 2.45) is 11.8 Å². The minimum Gasteiger partial charge on any atom is -0.497 e. The van der Waals surface area contributed by atoms with Gasteiger partial charge in [-0.25, -0.2) is 0 Å². The summed E-state index contributed by atoms with van der Waals surface area (Å²) in [5.74, 6) is 2.89. The lowest BCUT2D eigenvalue weighted by Gasteiger charge is -2.27. The molecule has 0 unspecified atom stereocenters. The predicted octanol–water partition coefficient (Wildman–Crippen LogP) is 2.38. The molecule has 1 aromatic carbocycles. The Hall–Kier alpha value is -2.34. The minimum absolute atomic E-state index is 0.215. The Morgan fingerprint density at radius 2 is 2.04 bits per heavy atom. The van der Waals surface area contributed by atoms with Crippen LogP contribution in [0.25, 0.3) is 0 Å². The van der Waals surface area contributed by atoms with Gasteiger partial charge in [0.1, 0.15) is 11.5 Å². The van der Waals surface area contributed by atoms with Crippen LogP contribution in [0.2, 0.25) is 0 Å². The van der Waals surface area contributed by atoms with Crippen LogP contribution < -0.4 is 4.74 Å². The van der Waals surface area contributed by atoms with Crippen LogP contribution in [0.1, 0.15) is 23.8 Å². The maximum absolute atomic E-state index is 12.6. The molecule has 6 nitrogen and oxygen atoms in total. The Bertz CT molecular complexity index is 744. The molecule has 1 aromatic heterocycles. The van der Waals surface area contributed by atoms with Crippen LogP contribution in [0, 0.1) is 11.8 Å². The maximum atomic E-state index is 12.6. The first-order chi connectivity index (χ1) is 12.7. The molecule has 0 bridgehead atoms. The number of carbonyl (C=O) groups excluding carboxylic acids is 1. The molecule has 3 heterocycles. The van der Waals surface area contributed by atoms with Crippen molar-refractivity contribution >= 4 is 5.91 Å². The van der Waals surface area contributed by atoms with Gasteiger partial charge in [-0.05, 0) is 30.7 Å². The molecule has 2 aliphatic heterocycles. The molecule has 2 aliphatic rings. The lowest BCUT2D eigenvalue weighted by molar-refractivity contribution is -0.130. The number of aromatic nitrogens is 1. The van der Waals surface area contributed by atoms with E-state index in [0.29, 0.717) is 30.7 Å². The molecule has 6 heteroatoms. The molecule has 0 saturated carbocycles. The molecule has 0 radical (unpaired) electrons. The van der Waals surface area contributed by atoms with Crippen LogP contribution in [0.3, 0.4) is 0 Å². The van der Waals surface area contributed by atoms with Gasteiger partial charge in [0.15, 0.2) is 0 Å². The maximum Gasteiger partial charge on any atom is 0.223 e. The second-order valence-electron chi connectivity index (χ2n) is 7.36. The molecule has 1 amide bonds. The number of amides is 1. The first-order valence-corrected chi connectivity index (χ1v) is 9.17. The van der Waals surface area contributed by atoms with Gasteiger partial charge in [-0.2, -0.15) is 0 Å². The van der Waals surface area contributed by atoms with Crippen molar-refractivity contribution in [2.45, 2.75) is 18.9 Å². The van der Waals surface area contributed by atoms with Crippen molar-refractivity contribution in [3.63, 3.8) is 0 Å². The summed E-state index contributed by atoms with van der Waals surface area (Å²) >= 11 is 0. The minimum atomic E-state index is 0.215. The van der Waals surface area contributed by atoms with E-state index >= 15 is 0 Å². The SMILES string of the molecule is COc1ccc([C@@H]2[C@@H]3CN(C(=O)CCc4ccno4)C[C@@H]3CN2C)cc1. The number of benzene rings is 1. The smallest absolute Gasteiger partial charge is 0.223 e. The molecule has 0 N–H and O–H groups in total. The molecule has 2 saturated heterocycles. The molecule has 0 spiro atoms. The molecule has 0 aliphatic carbocycles. The molecule has 4 rings (SSSR count). The van der Waals surface area contributed by atoms with E-state index in [9.17, 15) is 4.79 Å². The number of nitrogens with zero attached hydrogens (tertiary/aromatic N) is 3. The highest BCUT2D eigenvalue weighted by Gasteiger charge is 2.47. The highest BCUT2D eigenvalue weighted by atomic mass is 16.5. The van der Waals surface area contributed by atoms with Gasteiger partial charge >= 0.3 is 0 Å². The Morgan fingerprint density at radius 1 is 1.23 bits per heavy atom. The number of fused-ring (bicyclic) bond motifs is 1. The third kappa shape index (κ3) is 3.21. The molecule has 2 aromatic rings. The zero-order valence-electron chi connectivity index (χ0n) is 15.3. The second kappa shape index (κ2) is 7.11. The number of rotatable bonds is 5. The van der Waals surface area contributed by atoms with Crippen LogP contribution in [0.5, 0.6) is 5.75 Å². The van der Waals surface area contributed by atoms with Gasteiger partial charge in [-0.3, -0.25) is 9.69 Å². The highest BCUT2D eigenvalue weighted by Crippen LogP contribution is 2.44. The van der Waals surface area contributed by atoms with E-state index in [2.05, 4.69) is 29.2 Å². The van der Waals surface area contributed by atoms with Crippen molar-refractivity contribution in [1.29, 1.82) is 0 Å². The second-order valence-corrected chi connectivity index (χ2v) is 7.36. The lowest BCUT2D eigenvalue weighted by atomic mass is 9.89. The number of methoxy groups -OCH3 is 1. The first kappa shape index (κ1) is 17.1. The zero-order chi connectivity index (χ0) is 18.1. The van der Waals surface area contributed by atoms with Crippen LogP contribution in [-0.2, 0) is 11.2 Å². The topological polar surface area (TPSA) is 58.8 Å². The number of carbonyl (C=O) groups is 1. The van der Waals surface area contributed by atoms with E-state index in [4.69, 9.17) is 9.26 Å². The summed E-state index contributed by atoms with van der Waals surface area (Å²) in [6.45, 7) is 2.73. The van der Waals surface area contributed by atoms with Crippen molar-refractivity contribution in [3.05, 3.63) is 47.9 Å². The molecular weight excluding hydrogens is 330 g/mol. The van der Waals surface area contributed by atoms with Crippen LogP contribution in [-0.4, -0.2) is 54.7 Å². The summed E-state index contributed by atoms with van der Waals surface area (Å²) in [6, 6.07) is 10.5. The quantitative estimate of drug-likeness (QED) is 0.824. The normalized spacial score (nSPS) is 25.5. The van der Waals surface area contributed by atoms with Gasteiger partial charge in [0.2, 0.25) is 5.91 Å². The number of ether oxygens (including phenoxy) is 1. The van der Waals surface area contributed by atoms with Crippen molar-refractivity contribution in [2.75, 3.05) is 33.8 Å². The Kier molecular flexibility index (Phi) is 4.68. The third-order valence-corrected chi connectivity index (χ3v) is 5.78. The van der Waals surface area contributed by atoms with Gasteiger partial charge in [0.25, 0.3) is 0 Å². The third-order valence-electron chi connectivity index (χ3n) is 5.78. The number of hydrogen-bond acceptors (Lipinski definition) is 5. The molecule has 2 fully saturated rings. The highest BCUT2D eigenvalue weighted by molar-refractivity contribution is 5.76. The van der Waals surface area contributed by atoms with Gasteiger partial charge in [0, 0.05) is 50.5 Å². The van der Waals surface area contributed by atoms with Gasteiger partial charge in [0.05, 0.1) is 13.3 Å². The molecule has 26 heavy (non-hydrogen) atoms. The average Bonchev–Trinajstić information content (AvgIpc) is 3.36. The molecular formula is C20H25N3O3. The fraction of sp³-hybridized carbons (Fsp3) is 0.500. The summed E-state index contributed by atoms with van der Waals surface area (Å²) in [5, 5.41) is 3.69. The van der Waals surface area contributed by atoms with E-state index < -0.39 is 0 Å². The van der Waals surface area contributed by atoms with Crippen molar-refractivity contribution in [1.82, 2.24) is 15.0 Å². The van der Waals surface area contributed by atoms with E-state index in [-0.39, 0.29) is 5.91 Å². The summed E-state index contributed by atoms with van der Waals surface area (Å²) in [4.78, 5) is 17.1. The van der Waals surface area contributed by atoms with Gasteiger partial charge < -0.3 is 14.2 Å². The molecule has 3 atom stereocenters. The first-order valence-electron chi connectivity index (χ1n) is 9.17. The number of likely N-dealkylation sites (tertiary alicyclic amines) is 2. The fourth-order valence-electron chi connectivity index (χ4n) is 4.52.